The molecule has 0 aliphatic carbocycles. The molecule has 0 aliphatic rings. The number of hydrogen-bond acceptors (Lipinski definition) is 3. The van der Waals surface area contributed by atoms with Gasteiger partial charge in [-0.15, -0.1) is 0 Å². The van der Waals surface area contributed by atoms with E-state index in [2.05, 4.69) is 5.32 Å². The summed E-state index contributed by atoms with van der Waals surface area (Å²) in [6, 6.07) is 12.1. The van der Waals surface area contributed by atoms with Gasteiger partial charge in [0.1, 0.15) is 0 Å². The molecule has 1 N–H and O–H groups in total. The average molecular weight is 395 g/mol. The van der Waals surface area contributed by atoms with Crippen molar-refractivity contribution in [3.63, 3.8) is 0 Å². The number of sulfonamides is 1. The van der Waals surface area contributed by atoms with Gasteiger partial charge in [-0.2, -0.15) is 4.31 Å². The molecule has 0 unspecified atom stereocenters. The Kier molecular flexibility index (Phi) is 6.44. The predicted octanol–water partition coefficient (Wildman–Crippen LogP) is 3.45. The van der Waals surface area contributed by atoms with Crippen LogP contribution in [0.15, 0.2) is 47.4 Å². The molecule has 0 saturated heterocycles. The van der Waals surface area contributed by atoms with Gasteiger partial charge in [-0.25, -0.2) is 8.42 Å². The number of rotatable bonds is 6. The molecule has 0 saturated carbocycles. The van der Waals surface area contributed by atoms with Crippen LogP contribution < -0.4 is 5.32 Å². The van der Waals surface area contributed by atoms with E-state index in [9.17, 15) is 13.2 Å². The number of halogens is 1. The van der Waals surface area contributed by atoms with Gasteiger partial charge in [0.05, 0.1) is 17.5 Å². The summed E-state index contributed by atoms with van der Waals surface area (Å²) in [6.45, 7) is 5.15. The van der Waals surface area contributed by atoms with Crippen molar-refractivity contribution in [3.8, 4) is 0 Å². The maximum Gasteiger partial charge on any atom is 0.243 e. The molecule has 1 atom stereocenters. The second-order valence-corrected chi connectivity index (χ2v) is 8.82. The normalized spacial score (nSPS) is 12.8. The van der Waals surface area contributed by atoms with Gasteiger partial charge < -0.3 is 5.32 Å². The highest BCUT2D eigenvalue weighted by molar-refractivity contribution is 7.89. The third kappa shape index (κ3) is 4.84. The second-order valence-electron chi connectivity index (χ2n) is 6.37. The van der Waals surface area contributed by atoms with E-state index in [0.717, 1.165) is 15.4 Å². The summed E-state index contributed by atoms with van der Waals surface area (Å²) in [5, 5.41) is 3.43. The summed E-state index contributed by atoms with van der Waals surface area (Å²) in [7, 11) is -2.33. The van der Waals surface area contributed by atoms with Crippen LogP contribution in [-0.4, -0.2) is 32.2 Å². The maximum atomic E-state index is 12.8. The van der Waals surface area contributed by atoms with Crippen LogP contribution in [-0.2, 0) is 14.8 Å². The monoisotopic (exact) mass is 394 g/mol. The zero-order valence-corrected chi connectivity index (χ0v) is 16.9. The molecule has 0 fully saturated rings. The molecule has 0 heterocycles. The van der Waals surface area contributed by atoms with E-state index in [4.69, 9.17) is 11.6 Å². The summed E-state index contributed by atoms with van der Waals surface area (Å²) in [5.74, 6) is -0.371. The molecule has 5 nitrogen and oxygen atoms in total. The quantitative estimate of drug-likeness (QED) is 0.815. The molecule has 2 aromatic rings. The van der Waals surface area contributed by atoms with Crippen molar-refractivity contribution in [2.24, 2.45) is 0 Å². The van der Waals surface area contributed by atoms with Crippen LogP contribution in [0.4, 0.5) is 0 Å². The van der Waals surface area contributed by atoms with Crippen molar-refractivity contribution in [2.75, 3.05) is 13.6 Å². The first-order chi connectivity index (χ1) is 12.1. The lowest BCUT2D eigenvalue weighted by atomic mass is 10.1. The highest BCUT2D eigenvalue weighted by atomic mass is 35.5. The highest BCUT2D eigenvalue weighted by Crippen LogP contribution is 2.20. The molecular weight excluding hydrogens is 372 g/mol. The SMILES string of the molecule is Cc1ccc(C)c(S(=O)(=O)N(C)CC(=O)N[C@H](C)c2ccc(Cl)cc2)c1. The van der Waals surface area contributed by atoms with E-state index in [1.807, 2.05) is 32.0 Å². The first kappa shape index (κ1) is 20.4. The van der Waals surface area contributed by atoms with Crippen molar-refractivity contribution in [1.82, 2.24) is 9.62 Å². The van der Waals surface area contributed by atoms with E-state index >= 15 is 0 Å². The van der Waals surface area contributed by atoms with Gasteiger partial charge in [0.2, 0.25) is 15.9 Å². The van der Waals surface area contributed by atoms with Crippen LogP contribution >= 0.6 is 11.6 Å². The Morgan fingerprint density at radius 2 is 1.77 bits per heavy atom. The molecule has 140 valence electrons. The summed E-state index contributed by atoms with van der Waals surface area (Å²) in [4.78, 5) is 12.5. The topological polar surface area (TPSA) is 66.5 Å². The van der Waals surface area contributed by atoms with E-state index in [1.165, 1.54) is 7.05 Å². The van der Waals surface area contributed by atoms with Crippen LogP contribution in [0.3, 0.4) is 0 Å². The Bertz CT molecular complexity index is 896. The lowest BCUT2D eigenvalue weighted by molar-refractivity contribution is -0.121. The lowest BCUT2D eigenvalue weighted by Gasteiger charge is -2.20. The van der Waals surface area contributed by atoms with E-state index in [0.29, 0.717) is 10.6 Å². The number of nitrogens with zero attached hydrogens (tertiary/aromatic N) is 1. The summed E-state index contributed by atoms with van der Waals surface area (Å²) in [6.07, 6.45) is 0. The average Bonchev–Trinajstić information content (AvgIpc) is 2.57. The second kappa shape index (κ2) is 8.20. The third-order valence-electron chi connectivity index (χ3n) is 4.15. The Balaban J connectivity index is 2.08. The van der Waals surface area contributed by atoms with Gasteiger partial charge in [-0.3, -0.25) is 4.79 Å². The standard InChI is InChI=1S/C19H23ClN2O3S/c1-13-5-6-14(2)18(11-13)26(24,25)22(4)12-19(23)21-15(3)16-7-9-17(20)10-8-16/h5-11,15H,12H2,1-4H3,(H,21,23)/t15-/m1/s1. The zero-order chi connectivity index (χ0) is 19.5. The highest BCUT2D eigenvalue weighted by Gasteiger charge is 2.25. The summed E-state index contributed by atoms with van der Waals surface area (Å²) >= 11 is 5.86. The van der Waals surface area contributed by atoms with Crippen molar-refractivity contribution in [1.29, 1.82) is 0 Å². The van der Waals surface area contributed by atoms with Gasteiger partial charge in [0.25, 0.3) is 0 Å². The number of benzene rings is 2. The van der Waals surface area contributed by atoms with Crippen molar-refractivity contribution in [2.45, 2.75) is 31.7 Å². The van der Waals surface area contributed by atoms with Crippen molar-refractivity contribution in [3.05, 3.63) is 64.2 Å². The Morgan fingerprint density at radius 3 is 2.38 bits per heavy atom. The van der Waals surface area contributed by atoms with Crippen LogP contribution in [0.5, 0.6) is 0 Å². The van der Waals surface area contributed by atoms with Gasteiger partial charge >= 0.3 is 0 Å². The lowest BCUT2D eigenvalue weighted by Crippen LogP contribution is -2.39. The van der Waals surface area contributed by atoms with Gasteiger partial charge in [-0.1, -0.05) is 35.9 Å². The first-order valence-corrected chi connectivity index (χ1v) is 10.0. The number of nitrogens with one attached hydrogen (secondary N) is 1. The predicted molar refractivity (Wildman–Crippen MR) is 104 cm³/mol. The molecule has 1 amide bonds. The minimum absolute atomic E-state index is 0.221. The van der Waals surface area contributed by atoms with Crippen molar-refractivity contribution < 1.29 is 13.2 Å². The van der Waals surface area contributed by atoms with Crippen LogP contribution in [0.2, 0.25) is 5.02 Å². The fraction of sp³-hybridized carbons (Fsp3) is 0.316. The van der Waals surface area contributed by atoms with Crippen LogP contribution in [0.1, 0.15) is 29.7 Å². The van der Waals surface area contributed by atoms with Crippen LogP contribution in [0.25, 0.3) is 0 Å². The Morgan fingerprint density at radius 1 is 1.15 bits per heavy atom. The van der Waals surface area contributed by atoms with E-state index < -0.39 is 10.0 Å². The number of carbonyl (C=O) groups excluding carboxylic acids is 1. The first-order valence-electron chi connectivity index (χ1n) is 8.19. The molecule has 2 rings (SSSR count). The Labute approximate surface area is 160 Å². The fourth-order valence-electron chi connectivity index (χ4n) is 2.56. The van der Waals surface area contributed by atoms with Gasteiger partial charge in [-0.05, 0) is 55.7 Å². The molecule has 0 aromatic heterocycles. The smallest absolute Gasteiger partial charge is 0.243 e. The van der Waals surface area contributed by atoms with Crippen molar-refractivity contribution >= 4 is 27.5 Å². The molecule has 7 heteroatoms. The van der Waals surface area contributed by atoms with E-state index in [1.54, 1.807) is 31.2 Å². The number of hydrogen-bond donors (Lipinski definition) is 1. The van der Waals surface area contributed by atoms with E-state index in [-0.39, 0.29) is 23.4 Å². The molecule has 26 heavy (non-hydrogen) atoms. The summed E-state index contributed by atoms with van der Waals surface area (Å²) < 4.78 is 26.6. The minimum atomic E-state index is -3.74. The number of likely N-dealkylation sites (N-methyl/N-ethyl adjacent to an activating group) is 1. The molecule has 0 radical (unpaired) electrons. The van der Waals surface area contributed by atoms with Gasteiger partial charge in [0, 0.05) is 12.1 Å². The summed E-state index contributed by atoms with van der Waals surface area (Å²) in [5.41, 5.74) is 2.39. The molecule has 0 spiro atoms. The minimum Gasteiger partial charge on any atom is -0.348 e. The zero-order valence-electron chi connectivity index (χ0n) is 15.3. The Hall–Kier alpha value is -1.89. The molecule has 2 aromatic carbocycles. The molecule has 0 bridgehead atoms. The van der Waals surface area contributed by atoms with Gasteiger partial charge in [0.15, 0.2) is 0 Å². The number of carbonyl (C=O) groups is 1. The maximum absolute atomic E-state index is 12.8. The van der Waals surface area contributed by atoms with Crippen LogP contribution in [0, 0.1) is 13.8 Å². The number of amides is 1. The third-order valence-corrected chi connectivity index (χ3v) is 6.34. The number of aryl methyl sites for hydroxylation is 2. The molecular formula is C19H23ClN2O3S. The largest absolute Gasteiger partial charge is 0.348 e. The molecule has 0 aliphatic heterocycles. The fourth-order valence-corrected chi connectivity index (χ4v) is 4.12.